The van der Waals surface area contributed by atoms with Crippen molar-refractivity contribution in [1.82, 2.24) is 10.2 Å². The van der Waals surface area contributed by atoms with Crippen LogP contribution in [0.4, 0.5) is 4.79 Å². The van der Waals surface area contributed by atoms with Crippen LogP contribution in [0.25, 0.3) is 0 Å². The van der Waals surface area contributed by atoms with Crippen molar-refractivity contribution in [2.75, 3.05) is 13.1 Å². The molecule has 2 fully saturated rings. The minimum Gasteiger partial charge on any atom is -0.444 e. The molecule has 2 rings (SSSR count). The third kappa shape index (κ3) is 6.13. The van der Waals surface area contributed by atoms with Gasteiger partial charge in [-0.15, -0.1) is 0 Å². The fraction of sp³-hybridized carbons (Fsp3) is 0.941. The first-order chi connectivity index (χ1) is 10.3. The molecule has 0 radical (unpaired) electrons. The molecule has 22 heavy (non-hydrogen) atoms. The number of carbonyl (C=O) groups excluding carboxylic acids is 1. The van der Waals surface area contributed by atoms with Gasteiger partial charge in [-0.3, -0.25) is 0 Å². The maximum absolute atomic E-state index is 12.2. The van der Waals surface area contributed by atoms with E-state index >= 15 is 0 Å². The van der Waals surface area contributed by atoms with Gasteiger partial charge in [0.25, 0.3) is 0 Å². The zero-order valence-corrected chi connectivity index (χ0v) is 14.4. The van der Waals surface area contributed by atoms with Crippen LogP contribution in [-0.2, 0) is 4.74 Å². The number of nitrogens with zero attached hydrogens (tertiary/aromatic N) is 1. The van der Waals surface area contributed by atoms with Gasteiger partial charge < -0.3 is 20.7 Å². The summed E-state index contributed by atoms with van der Waals surface area (Å²) in [6.45, 7) is 7.49. The van der Waals surface area contributed by atoms with Crippen molar-refractivity contribution in [3.63, 3.8) is 0 Å². The number of nitrogens with one attached hydrogen (secondary N) is 1. The maximum atomic E-state index is 12.2. The number of nitrogens with two attached hydrogens (primary N) is 1. The average Bonchev–Trinajstić information content (AvgIpc) is 3.21. The Balaban J connectivity index is 1.67. The second kappa shape index (κ2) is 7.64. The molecule has 5 heteroatoms. The van der Waals surface area contributed by atoms with Gasteiger partial charge >= 0.3 is 6.09 Å². The summed E-state index contributed by atoms with van der Waals surface area (Å²) < 4.78 is 5.51. The van der Waals surface area contributed by atoms with E-state index in [2.05, 4.69) is 5.32 Å². The summed E-state index contributed by atoms with van der Waals surface area (Å²) in [6.07, 6.45) is 7.74. The molecular formula is C17H33N3O2. The topological polar surface area (TPSA) is 67.6 Å². The Morgan fingerprint density at radius 1 is 1.27 bits per heavy atom. The molecule has 0 aromatic heterocycles. The summed E-state index contributed by atoms with van der Waals surface area (Å²) in [6, 6.07) is 1.31. The second-order valence-electron chi connectivity index (χ2n) is 7.84. The van der Waals surface area contributed by atoms with E-state index in [0.29, 0.717) is 18.1 Å². The van der Waals surface area contributed by atoms with Gasteiger partial charge in [-0.25, -0.2) is 4.79 Å². The van der Waals surface area contributed by atoms with E-state index < -0.39 is 5.60 Å². The standard InChI is InChI=1S/C17H33N3O2/c1-17(2,3)22-16(21)20(15-8-9-15)11-5-10-19-14-7-4-6-13(18)12-14/h13-15,19H,4-12,18H2,1-3H3. The van der Waals surface area contributed by atoms with Crippen molar-refractivity contribution in [1.29, 1.82) is 0 Å². The highest BCUT2D eigenvalue weighted by Gasteiger charge is 2.34. The third-order valence-corrected chi connectivity index (χ3v) is 4.34. The normalized spacial score (nSPS) is 25.8. The van der Waals surface area contributed by atoms with E-state index in [0.717, 1.165) is 45.2 Å². The Kier molecular flexibility index (Phi) is 6.09. The minimum atomic E-state index is -0.416. The summed E-state index contributed by atoms with van der Waals surface area (Å²) in [4.78, 5) is 14.2. The molecular weight excluding hydrogens is 278 g/mol. The zero-order valence-electron chi connectivity index (χ0n) is 14.4. The number of rotatable bonds is 6. The van der Waals surface area contributed by atoms with Gasteiger partial charge in [-0.1, -0.05) is 6.42 Å². The summed E-state index contributed by atoms with van der Waals surface area (Å²) in [5.41, 5.74) is 5.60. The van der Waals surface area contributed by atoms with Crippen LogP contribution in [-0.4, -0.2) is 47.8 Å². The molecule has 0 aliphatic heterocycles. The first kappa shape index (κ1) is 17.5. The molecule has 2 unspecified atom stereocenters. The van der Waals surface area contributed by atoms with Gasteiger partial charge in [0.15, 0.2) is 0 Å². The highest BCUT2D eigenvalue weighted by Crippen LogP contribution is 2.28. The number of carbonyl (C=O) groups is 1. The number of amides is 1. The molecule has 0 bridgehead atoms. The molecule has 0 heterocycles. The largest absolute Gasteiger partial charge is 0.444 e. The lowest BCUT2D eigenvalue weighted by atomic mass is 9.91. The zero-order chi connectivity index (χ0) is 16.2. The smallest absolute Gasteiger partial charge is 0.410 e. The summed E-state index contributed by atoms with van der Waals surface area (Å²) in [5, 5.41) is 3.60. The minimum absolute atomic E-state index is 0.158. The molecule has 2 atom stereocenters. The average molecular weight is 311 g/mol. The third-order valence-electron chi connectivity index (χ3n) is 4.34. The molecule has 1 amide bonds. The first-order valence-corrected chi connectivity index (χ1v) is 8.84. The van der Waals surface area contributed by atoms with Gasteiger partial charge in [-0.2, -0.15) is 0 Å². The molecule has 2 aliphatic carbocycles. The second-order valence-corrected chi connectivity index (χ2v) is 7.84. The van der Waals surface area contributed by atoms with E-state index in [-0.39, 0.29) is 6.09 Å². The van der Waals surface area contributed by atoms with Crippen LogP contribution >= 0.6 is 0 Å². The number of ether oxygens (including phenoxy) is 1. The molecule has 2 saturated carbocycles. The van der Waals surface area contributed by atoms with Crippen molar-refractivity contribution in [3.8, 4) is 0 Å². The SMILES string of the molecule is CC(C)(C)OC(=O)N(CCCNC1CCCC(N)C1)C1CC1. The van der Waals surface area contributed by atoms with Crippen LogP contribution in [0.5, 0.6) is 0 Å². The van der Waals surface area contributed by atoms with E-state index in [1.54, 1.807) is 0 Å². The van der Waals surface area contributed by atoms with E-state index in [1.807, 2.05) is 25.7 Å². The lowest BCUT2D eigenvalue weighted by molar-refractivity contribution is 0.0231. The van der Waals surface area contributed by atoms with Crippen molar-refractivity contribution in [2.24, 2.45) is 5.73 Å². The van der Waals surface area contributed by atoms with Crippen molar-refractivity contribution in [3.05, 3.63) is 0 Å². The Morgan fingerprint density at radius 3 is 2.59 bits per heavy atom. The van der Waals surface area contributed by atoms with Crippen LogP contribution in [0.3, 0.4) is 0 Å². The van der Waals surface area contributed by atoms with E-state index in [9.17, 15) is 4.79 Å². The molecule has 0 spiro atoms. The van der Waals surface area contributed by atoms with Crippen LogP contribution in [0, 0.1) is 0 Å². The Morgan fingerprint density at radius 2 is 2.00 bits per heavy atom. The molecule has 0 aromatic carbocycles. The molecule has 128 valence electrons. The van der Waals surface area contributed by atoms with Crippen molar-refractivity contribution in [2.45, 2.75) is 89.4 Å². The quantitative estimate of drug-likeness (QED) is 0.740. The van der Waals surface area contributed by atoms with Crippen LogP contribution < -0.4 is 11.1 Å². The molecule has 3 N–H and O–H groups in total. The Bertz CT molecular complexity index is 363. The van der Waals surface area contributed by atoms with Gasteiger partial charge in [0, 0.05) is 24.7 Å². The first-order valence-electron chi connectivity index (χ1n) is 8.84. The summed E-state index contributed by atoms with van der Waals surface area (Å²) in [7, 11) is 0. The van der Waals surface area contributed by atoms with E-state index in [4.69, 9.17) is 10.5 Å². The number of hydrogen-bond donors (Lipinski definition) is 2. The number of hydrogen-bond acceptors (Lipinski definition) is 4. The summed E-state index contributed by atoms with van der Waals surface area (Å²) in [5.74, 6) is 0. The van der Waals surface area contributed by atoms with Gasteiger partial charge in [0.1, 0.15) is 5.60 Å². The fourth-order valence-corrected chi connectivity index (χ4v) is 3.10. The van der Waals surface area contributed by atoms with Crippen molar-refractivity contribution < 1.29 is 9.53 Å². The highest BCUT2D eigenvalue weighted by molar-refractivity contribution is 5.69. The van der Waals surface area contributed by atoms with Crippen LogP contribution in [0.15, 0.2) is 0 Å². The van der Waals surface area contributed by atoms with Gasteiger partial charge in [0.2, 0.25) is 0 Å². The summed E-state index contributed by atoms with van der Waals surface area (Å²) >= 11 is 0. The van der Waals surface area contributed by atoms with E-state index in [1.165, 1.54) is 12.8 Å². The van der Waals surface area contributed by atoms with Crippen LogP contribution in [0.2, 0.25) is 0 Å². The predicted molar refractivity (Wildman–Crippen MR) is 88.8 cm³/mol. The Hall–Kier alpha value is -0.810. The highest BCUT2D eigenvalue weighted by atomic mass is 16.6. The fourth-order valence-electron chi connectivity index (χ4n) is 3.10. The lowest BCUT2D eigenvalue weighted by Gasteiger charge is -2.29. The monoisotopic (exact) mass is 311 g/mol. The maximum Gasteiger partial charge on any atom is 0.410 e. The molecule has 2 aliphatic rings. The Labute approximate surface area is 134 Å². The molecule has 5 nitrogen and oxygen atoms in total. The lowest BCUT2D eigenvalue weighted by Crippen LogP contribution is -2.42. The predicted octanol–water partition coefficient (Wildman–Crippen LogP) is 2.64. The van der Waals surface area contributed by atoms with Crippen molar-refractivity contribution >= 4 is 6.09 Å². The van der Waals surface area contributed by atoms with Crippen LogP contribution in [0.1, 0.15) is 65.7 Å². The van der Waals surface area contributed by atoms with Gasteiger partial charge in [0.05, 0.1) is 0 Å². The molecule has 0 aromatic rings. The molecule has 0 saturated heterocycles. The van der Waals surface area contributed by atoms with Gasteiger partial charge in [-0.05, 0) is 65.8 Å².